The number of hydrogen-bond donors (Lipinski definition) is 2. The summed E-state index contributed by atoms with van der Waals surface area (Å²) >= 11 is 1.29. The summed E-state index contributed by atoms with van der Waals surface area (Å²) in [6.07, 6.45) is 0. The van der Waals surface area contributed by atoms with Gasteiger partial charge in [-0.2, -0.15) is 0 Å². The van der Waals surface area contributed by atoms with Crippen molar-refractivity contribution >= 4 is 28.7 Å². The van der Waals surface area contributed by atoms with E-state index in [1.54, 1.807) is 12.1 Å². The van der Waals surface area contributed by atoms with Crippen LogP contribution >= 0.6 is 11.8 Å². The van der Waals surface area contributed by atoms with Gasteiger partial charge >= 0.3 is 0 Å². The first-order chi connectivity index (χ1) is 10.2. The molecule has 0 atom stereocenters. The van der Waals surface area contributed by atoms with E-state index >= 15 is 0 Å². The van der Waals surface area contributed by atoms with Crippen LogP contribution in [0.5, 0.6) is 0 Å². The lowest BCUT2D eigenvalue weighted by atomic mass is 10.2. The number of amidine groups is 1. The molecule has 0 bridgehead atoms. The summed E-state index contributed by atoms with van der Waals surface area (Å²) in [5.74, 6) is 0.0416. The van der Waals surface area contributed by atoms with Crippen molar-refractivity contribution in [3.05, 3.63) is 47.7 Å². The number of aromatic nitrogens is 2. The van der Waals surface area contributed by atoms with Crippen LogP contribution in [0.3, 0.4) is 0 Å². The highest BCUT2D eigenvalue weighted by molar-refractivity contribution is 7.99. The number of fused-ring (bicyclic) bond motifs is 1. The van der Waals surface area contributed by atoms with Crippen LogP contribution in [0.2, 0.25) is 0 Å². The Bertz CT molecular complexity index is 796. The van der Waals surface area contributed by atoms with E-state index in [0.29, 0.717) is 15.8 Å². The van der Waals surface area contributed by atoms with Gasteiger partial charge in [0.05, 0.1) is 0 Å². The van der Waals surface area contributed by atoms with Gasteiger partial charge in [0, 0.05) is 11.3 Å². The van der Waals surface area contributed by atoms with Crippen molar-refractivity contribution in [1.29, 1.82) is 0 Å². The predicted octanol–water partition coefficient (Wildman–Crippen LogP) is 2.78. The van der Waals surface area contributed by atoms with E-state index in [0.717, 1.165) is 16.8 Å². The lowest BCUT2D eigenvalue weighted by molar-refractivity contribution is 0.318. The molecule has 3 N–H and O–H groups in total. The number of nitrogens with zero attached hydrogens (tertiary/aromatic N) is 3. The zero-order valence-electron chi connectivity index (χ0n) is 11.1. The number of rotatable bonds is 3. The standard InChI is InChI=1S/C14H12N4O2S/c1-8-6-9(13(15)18-19)7-12(16-8)21-14-17-10-4-2-3-5-11(10)20-14/h2-7,19H,1H3,(H2,15,18). The topological polar surface area (TPSA) is 97.5 Å². The molecular weight excluding hydrogens is 288 g/mol. The quantitative estimate of drug-likeness (QED) is 0.334. The molecule has 0 saturated heterocycles. The average Bonchev–Trinajstić information content (AvgIpc) is 2.87. The van der Waals surface area contributed by atoms with Crippen molar-refractivity contribution in [2.45, 2.75) is 17.2 Å². The fraction of sp³-hybridized carbons (Fsp3) is 0.0714. The van der Waals surface area contributed by atoms with Gasteiger partial charge < -0.3 is 15.4 Å². The van der Waals surface area contributed by atoms with Gasteiger partial charge in [-0.25, -0.2) is 9.97 Å². The van der Waals surface area contributed by atoms with Crippen LogP contribution < -0.4 is 5.73 Å². The predicted molar refractivity (Wildman–Crippen MR) is 79.6 cm³/mol. The zero-order valence-corrected chi connectivity index (χ0v) is 12.0. The van der Waals surface area contributed by atoms with E-state index in [4.69, 9.17) is 15.4 Å². The molecule has 0 aliphatic rings. The molecule has 2 aromatic heterocycles. The van der Waals surface area contributed by atoms with Gasteiger partial charge in [-0.05, 0) is 43.0 Å². The molecule has 0 aliphatic carbocycles. The normalized spacial score (nSPS) is 12.0. The highest BCUT2D eigenvalue weighted by Gasteiger charge is 2.10. The molecule has 1 aromatic carbocycles. The SMILES string of the molecule is Cc1cc(/C(N)=N/O)cc(Sc2nc3ccccc3o2)n1. The smallest absolute Gasteiger partial charge is 0.263 e. The van der Waals surface area contributed by atoms with Gasteiger partial charge in [-0.3, -0.25) is 0 Å². The van der Waals surface area contributed by atoms with Crippen molar-refractivity contribution in [3.63, 3.8) is 0 Å². The number of para-hydroxylation sites is 2. The molecule has 7 heteroatoms. The van der Waals surface area contributed by atoms with Crippen LogP contribution in [0, 0.1) is 6.92 Å². The maximum absolute atomic E-state index is 8.76. The maximum Gasteiger partial charge on any atom is 0.263 e. The van der Waals surface area contributed by atoms with Crippen molar-refractivity contribution in [3.8, 4) is 0 Å². The molecule has 0 unspecified atom stereocenters. The van der Waals surface area contributed by atoms with Gasteiger partial charge in [-0.15, -0.1) is 0 Å². The Kier molecular flexibility index (Phi) is 3.49. The third kappa shape index (κ3) is 2.82. The average molecular weight is 300 g/mol. The summed E-state index contributed by atoms with van der Waals surface area (Å²) in [4.78, 5) is 8.76. The molecule has 0 spiro atoms. The van der Waals surface area contributed by atoms with Crippen LogP contribution in [0.1, 0.15) is 11.3 Å². The number of aryl methyl sites for hydroxylation is 1. The number of benzene rings is 1. The monoisotopic (exact) mass is 300 g/mol. The minimum atomic E-state index is 0.0416. The van der Waals surface area contributed by atoms with Gasteiger partial charge in [0.15, 0.2) is 11.4 Å². The molecule has 0 saturated carbocycles. The third-order valence-corrected chi connectivity index (χ3v) is 3.57. The van der Waals surface area contributed by atoms with Crippen LogP contribution in [-0.4, -0.2) is 21.0 Å². The maximum atomic E-state index is 8.76. The molecule has 21 heavy (non-hydrogen) atoms. The minimum absolute atomic E-state index is 0.0416. The molecule has 0 fully saturated rings. The first-order valence-corrected chi connectivity index (χ1v) is 6.97. The molecule has 2 heterocycles. The third-order valence-electron chi connectivity index (χ3n) is 2.80. The van der Waals surface area contributed by atoms with E-state index in [1.165, 1.54) is 11.8 Å². The van der Waals surface area contributed by atoms with Gasteiger partial charge in [0.25, 0.3) is 5.22 Å². The highest BCUT2D eigenvalue weighted by atomic mass is 32.2. The molecule has 0 aliphatic heterocycles. The first-order valence-electron chi connectivity index (χ1n) is 6.16. The van der Waals surface area contributed by atoms with Crippen LogP contribution in [0.4, 0.5) is 0 Å². The summed E-state index contributed by atoms with van der Waals surface area (Å²) in [5.41, 5.74) is 8.49. The van der Waals surface area contributed by atoms with Gasteiger partial charge in [0.2, 0.25) is 0 Å². The van der Waals surface area contributed by atoms with E-state index < -0.39 is 0 Å². The number of oxazole rings is 1. The Morgan fingerprint density at radius 2 is 2.10 bits per heavy atom. The van der Waals surface area contributed by atoms with Crippen LogP contribution in [0.25, 0.3) is 11.1 Å². The summed E-state index contributed by atoms with van der Waals surface area (Å²) in [7, 11) is 0. The van der Waals surface area contributed by atoms with Crippen LogP contribution in [0.15, 0.2) is 56.2 Å². The molecule has 6 nitrogen and oxygen atoms in total. The number of oxime groups is 1. The van der Waals surface area contributed by atoms with E-state index in [9.17, 15) is 0 Å². The Labute approximate surface area is 124 Å². The second-order valence-electron chi connectivity index (χ2n) is 4.37. The highest BCUT2D eigenvalue weighted by Crippen LogP contribution is 2.29. The van der Waals surface area contributed by atoms with Crippen molar-refractivity contribution < 1.29 is 9.62 Å². The second kappa shape index (κ2) is 5.45. The van der Waals surface area contributed by atoms with Gasteiger partial charge in [-0.1, -0.05) is 17.3 Å². The summed E-state index contributed by atoms with van der Waals surface area (Å²) in [5, 5.41) is 12.9. The van der Waals surface area contributed by atoms with Gasteiger partial charge in [0.1, 0.15) is 10.5 Å². The molecular formula is C14H12N4O2S. The molecule has 0 radical (unpaired) electrons. The summed E-state index contributed by atoms with van der Waals surface area (Å²) < 4.78 is 5.64. The zero-order chi connectivity index (χ0) is 14.8. The Balaban J connectivity index is 1.95. The lowest BCUT2D eigenvalue weighted by Crippen LogP contribution is -2.13. The first kappa shape index (κ1) is 13.4. The fourth-order valence-corrected chi connectivity index (χ4v) is 2.71. The fourth-order valence-electron chi connectivity index (χ4n) is 1.88. The molecule has 0 amide bonds. The summed E-state index contributed by atoms with van der Waals surface area (Å²) in [6, 6.07) is 11.0. The Morgan fingerprint density at radius 1 is 1.29 bits per heavy atom. The summed E-state index contributed by atoms with van der Waals surface area (Å²) in [6.45, 7) is 1.84. The largest absolute Gasteiger partial charge is 0.431 e. The molecule has 3 aromatic rings. The van der Waals surface area contributed by atoms with Crippen molar-refractivity contribution in [1.82, 2.24) is 9.97 Å². The number of hydrogen-bond acceptors (Lipinski definition) is 6. The molecule has 3 rings (SSSR count). The number of nitrogens with two attached hydrogens (primary N) is 1. The van der Waals surface area contributed by atoms with E-state index in [2.05, 4.69) is 15.1 Å². The minimum Gasteiger partial charge on any atom is -0.431 e. The van der Waals surface area contributed by atoms with Crippen molar-refractivity contribution in [2.24, 2.45) is 10.9 Å². The number of pyridine rings is 1. The van der Waals surface area contributed by atoms with Crippen molar-refractivity contribution in [2.75, 3.05) is 0 Å². The van der Waals surface area contributed by atoms with Crippen LogP contribution in [-0.2, 0) is 0 Å². The lowest BCUT2D eigenvalue weighted by Gasteiger charge is -2.03. The Hall–Kier alpha value is -2.54. The Morgan fingerprint density at radius 3 is 2.86 bits per heavy atom. The van der Waals surface area contributed by atoms with E-state index in [-0.39, 0.29) is 5.84 Å². The molecule has 106 valence electrons. The second-order valence-corrected chi connectivity index (χ2v) is 5.34. The van der Waals surface area contributed by atoms with E-state index in [1.807, 2.05) is 31.2 Å².